The van der Waals surface area contributed by atoms with Crippen LogP contribution in [0.1, 0.15) is 21.5 Å². The number of nitrogens with zero attached hydrogens (tertiary/aromatic N) is 1. The molecule has 0 atom stereocenters. The molecule has 0 spiro atoms. The van der Waals surface area contributed by atoms with Crippen molar-refractivity contribution < 1.29 is 9.53 Å². The molecule has 0 aliphatic heterocycles. The topological polar surface area (TPSA) is 76.7 Å². The molecule has 5 nitrogen and oxygen atoms in total. The monoisotopic (exact) mass is 345 g/mol. The van der Waals surface area contributed by atoms with Gasteiger partial charge in [0.25, 0.3) is 5.91 Å². The Labute approximate surface area is 152 Å². The Morgan fingerprint density at radius 1 is 0.962 bits per heavy atom. The van der Waals surface area contributed by atoms with Gasteiger partial charge in [-0.2, -0.15) is 5.10 Å². The molecule has 26 heavy (non-hydrogen) atoms. The van der Waals surface area contributed by atoms with Crippen LogP contribution < -0.4 is 15.9 Å². The van der Waals surface area contributed by atoms with Crippen LogP contribution in [-0.2, 0) is 6.61 Å². The highest BCUT2D eigenvalue weighted by Gasteiger charge is 2.07. The molecule has 5 heteroatoms. The number of anilines is 1. The van der Waals surface area contributed by atoms with Crippen molar-refractivity contribution in [2.75, 3.05) is 5.73 Å². The van der Waals surface area contributed by atoms with Crippen molar-refractivity contribution in [2.24, 2.45) is 5.10 Å². The van der Waals surface area contributed by atoms with E-state index in [1.807, 2.05) is 54.6 Å². The number of hydrogen-bond acceptors (Lipinski definition) is 4. The van der Waals surface area contributed by atoms with Gasteiger partial charge >= 0.3 is 0 Å². The number of nitrogen functional groups attached to an aromatic ring is 1. The highest BCUT2D eigenvalue weighted by molar-refractivity contribution is 5.99. The van der Waals surface area contributed by atoms with E-state index in [-0.39, 0.29) is 5.91 Å². The standard InChI is InChI=1S/C21H19N3O2/c22-19-12-6-5-11-18(19)21(25)24-23-14-17-10-4-7-13-20(17)26-15-16-8-2-1-3-9-16/h1-14H,15,22H2,(H,24,25)/b23-14+. The number of carbonyl (C=O) groups excluding carboxylic acids is 1. The molecule has 3 N–H and O–H groups in total. The molecule has 0 fully saturated rings. The van der Waals surface area contributed by atoms with Crippen LogP contribution in [-0.4, -0.2) is 12.1 Å². The van der Waals surface area contributed by atoms with Crippen molar-refractivity contribution in [3.63, 3.8) is 0 Å². The van der Waals surface area contributed by atoms with Gasteiger partial charge in [-0.15, -0.1) is 0 Å². The third-order valence-corrected chi connectivity index (χ3v) is 3.73. The minimum absolute atomic E-state index is 0.359. The van der Waals surface area contributed by atoms with Crippen molar-refractivity contribution in [2.45, 2.75) is 6.61 Å². The largest absolute Gasteiger partial charge is 0.488 e. The zero-order valence-corrected chi connectivity index (χ0v) is 14.1. The predicted molar refractivity (Wildman–Crippen MR) is 103 cm³/mol. The van der Waals surface area contributed by atoms with Gasteiger partial charge in [0.1, 0.15) is 12.4 Å². The van der Waals surface area contributed by atoms with E-state index in [0.717, 1.165) is 11.1 Å². The summed E-state index contributed by atoms with van der Waals surface area (Å²) in [5.74, 6) is 0.329. The van der Waals surface area contributed by atoms with Crippen LogP contribution in [0.5, 0.6) is 5.75 Å². The Morgan fingerprint density at radius 2 is 1.65 bits per heavy atom. The number of hydrazone groups is 1. The van der Waals surface area contributed by atoms with Gasteiger partial charge < -0.3 is 10.5 Å². The number of carbonyl (C=O) groups is 1. The molecule has 0 saturated heterocycles. The fraction of sp³-hybridized carbons (Fsp3) is 0.0476. The summed E-state index contributed by atoms with van der Waals surface area (Å²) in [6.07, 6.45) is 1.55. The lowest BCUT2D eigenvalue weighted by atomic mass is 10.2. The number of nitrogens with one attached hydrogen (secondary N) is 1. The molecule has 0 heterocycles. The first-order valence-electron chi connectivity index (χ1n) is 8.18. The Morgan fingerprint density at radius 3 is 2.46 bits per heavy atom. The second kappa shape index (κ2) is 8.48. The van der Waals surface area contributed by atoms with Crippen molar-refractivity contribution in [3.05, 3.63) is 95.6 Å². The molecular weight excluding hydrogens is 326 g/mol. The second-order valence-corrected chi connectivity index (χ2v) is 5.60. The first-order chi connectivity index (χ1) is 12.7. The first kappa shape index (κ1) is 17.2. The van der Waals surface area contributed by atoms with E-state index in [1.165, 1.54) is 0 Å². The zero-order chi connectivity index (χ0) is 18.2. The van der Waals surface area contributed by atoms with Gasteiger partial charge in [0.15, 0.2) is 0 Å². The summed E-state index contributed by atoms with van der Waals surface area (Å²) in [5, 5.41) is 4.01. The molecule has 130 valence electrons. The lowest BCUT2D eigenvalue weighted by molar-refractivity contribution is 0.0956. The third-order valence-electron chi connectivity index (χ3n) is 3.73. The normalized spacial score (nSPS) is 10.6. The van der Waals surface area contributed by atoms with E-state index in [1.54, 1.807) is 30.5 Å². The number of nitrogens with two attached hydrogens (primary N) is 1. The van der Waals surface area contributed by atoms with Crippen LogP contribution in [0.3, 0.4) is 0 Å². The van der Waals surface area contributed by atoms with Crippen LogP contribution in [0.25, 0.3) is 0 Å². The summed E-state index contributed by atoms with van der Waals surface area (Å²) in [6.45, 7) is 0.457. The van der Waals surface area contributed by atoms with Crippen molar-refractivity contribution in [1.82, 2.24) is 5.43 Å². The molecule has 0 aliphatic carbocycles. The predicted octanol–water partition coefficient (Wildman–Crippen LogP) is 3.61. The maximum Gasteiger partial charge on any atom is 0.273 e. The number of amides is 1. The molecule has 1 amide bonds. The lowest BCUT2D eigenvalue weighted by Crippen LogP contribution is -2.19. The van der Waals surface area contributed by atoms with Gasteiger partial charge in [0.05, 0.1) is 11.8 Å². The van der Waals surface area contributed by atoms with Crippen LogP contribution in [0.15, 0.2) is 84.0 Å². The summed E-state index contributed by atoms with van der Waals surface area (Å²) in [4.78, 5) is 12.1. The molecule has 3 aromatic carbocycles. The number of para-hydroxylation sites is 2. The Kier molecular flexibility index (Phi) is 5.62. The number of hydrogen-bond donors (Lipinski definition) is 2. The van der Waals surface area contributed by atoms with Gasteiger partial charge in [0.2, 0.25) is 0 Å². The Balaban J connectivity index is 1.65. The molecule has 0 unspecified atom stereocenters. The van der Waals surface area contributed by atoms with Crippen LogP contribution in [0.4, 0.5) is 5.69 Å². The van der Waals surface area contributed by atoms with Crippen molar-refractivity contribution in [3.8, 4) is 5.75 Å². The fourth-order valence-electron chi connectivity index (χ4n) is 2.38. The van der Waals surface area contributed by atoms with Gasteiger partial charge in [-0.25, -0.2) is 5.43 Å². The highest BCUT2D eigenvalue weighted by Crippen LogP contribution is 2.17. The number of benzene rings is 3. The van der Waals surface area contributed by atoms with Crippen LogP contribution in [0, 0.1) is 0 Å². The second-order valence-electron chi connectivity index (χ2n) is 5.60. The number of rotatable bonds is 6. The van der Waals surface area contributed by atoms with Crippen molar-refractivity contribution >= 4 is 17.8 Å². The minimum Gasteiger partial charge on any atom is -0.488 e. The molecule has 0 bridgehead atoms. The van der Waals surface area contributed by atoms with Crippen LogP contribution in [0.2, 0.25) is 0 Å². The average molecular weight is 345 g/mol. The van der Waals surface area contributed by atoms with E-state index in [2.05, 4.69) is 10.5 Å². The fourth-order valence-corrected chi connectivity index (χ4v) is 2.38. The van der Waals surface area contributed by atoms with E-state index >= 15 is 0 Å². The highest BCUT2D eigenvalue weighted by atomic mass is 16.5. The molecule has 0 radical (unpaired) electrons. The molecule has 0 saturated carbocycles. The molecule has 3 rings (SSSR count). The molecule has 0 aliphatic rings. The van der Waals surface area contributed by atoms with Gasteiger partial charge in [-0.3, -0.25) is 4.79 Å². The van der Waals surface area contributed by atoms with Gasteiger partial charge in [0, 0.05) is 11.3 Å². The Bertz CT molecular complexity index is 908. The quantitative estimate of drug-likeness (QED) is 0.407. The van der Waals surface area contributed by atoms with E-state index in [0.29, 0.717) is 23.6 Å². The van der Waals surface area contributed by atoms with Gasteiger partial charge in [-0.05, 0) is 29.8 Å². The summed E-state index contributed by atoms with van der Waals surface area (Å²) in [7, 11) is 0. The Hall–Kier alpha value is -3.60. The lowest BCUT2D eigenvalue weighted by Gasteiger charge is -2.09. The minimum atomic E-state index is -0.359. The summed E-state index contributed by atoms with van der Waals surface area (Å²) >= 11 is 0. The van der Waals surface area contributed by atoms with Gasteiger partial charge in [-0.1, -0.05) is 54.6 Å². The zero-order valence-electron chi connectivity index (χ0n) is 14.1. The van der Waals surface area contributed by atoms with Crippen LogP contribution >= 0.6 is 0 Å². The smallest absolute Gasteiger partial charge is 0.273 e. The summed E-state index contributed by atoms with van der Waals surface area (Å²) in [6, 6.07) is 24.3. The first-order valence-corrected chi connectivity index (χ1v) is 8.18. The van der Waals surface area contributed by atoms with E-state index in [4.69, 9.17) is 10.5 Å². The summed E-state index contributed by atoms with van der Waals surface area (Å²) < 4.78 is 5.86. The van der Waals surface area contributed by atoms with Crippen molar-refractivity contribution in [1.29, 1.82) is 0 Å². The van der Waals surface area contributed by atoms with E-state index in [9.17, 15) is 4.79 Å². The SMILES string of the molecule is Nc1ccccc1C(=O)N/N=C/c1ccccc1OCc1ccccc1. The molecular formula is C21H19N3O2. The molecule has 0 aromatic heterocycles. The molecule has 3 aromatic rings. The maximum absolute atomic E-state index is 12.1. The third kappa shape index (κ3) is 4.48. The summed E-state index contributed by atoms with van der Waals surface area (Å²) in [5.41, 5.74) is 10.9. The average Bonchev–Trinajstić information content (AvgIpc) is 2.68. The number of ether oxygens (including phenoxy) is 1. The van der Waals surface area contributed by atoms with E-state index < -0.39 is 0 Å². The maximum atomic E-state index is 12.1.